The topological polar surface area (TPSA) is 3.24 Å². The van der Waals surface area contributed by atoms with E-state index in [4.69, 9.17) is 0 Å². The number of hydrogen-bond acceptors (Lipinski definition) is 1. The summed E-state index contributed by atoms with van der Waals surface area (Å²) in [5.74, 6) is -1.21. The first kappa shape index (κ1) is 18.3. The van der Waals surface area contributed by atoms with E-state index >= 15 is 0 Å². The Hall–Kier alpha value is -1.47. The van der Waals surface area contributed by atoms with Crippen molar-refractivity contribution in [2.45, 2.75) is 6.92 Å². The van der Waals surface area contributed by atoms with Gasteiger partial charge in [0, 0.05) is 25.9 Å². The maximum atomic E-state index is 14.7. The van der Waals surface area contributed by atoms with E-state index < -0.39 is 11.6 Å². The number of benzene rings is 2. The molecule has 2 aromatic carbocycles. The van der Waals surface area contributed by atoms with E-state index in [2.05, 4.69) is 45.1 Å². The van der Waals surface area contributed by atoms with E-state index in [1.165, 1.54) is 12.1 Å². The number of likely N-dealkylation sites (N-methyl/N-ethyl adjacent to an activating group) is 1. The van der Waals surface area contributed by atoms with Gasteiger partial charge in [0.2, 0.25) is 0 Å². The summed E-state index contributed by atoms with van der Waals surface area (Å²) in [7, 11) is 0. The van der Waals surface area contributed by atoms with Gasteiger partial charge in [-0.2, -0.15) is 0 Å². The van der Waals surface area contributed by atoms with Crippen LogP contribution < -0.4 is 0 Å². The fraction of sp³-hybridized carbons (Fsp3) is 0.100. The fourth-order valence-corrected chi connectivity index (χ4v) is 3.92. The van der Waals surface area contributed by atoms with Gasteiger partial charge in [0.05, 0.1) is 11.3 Å². The van der Waals surface area contributed by atoms with Crippen LogP contribution in [0.1, 0.15) is 18.1 Å². The Labute approximate surface area is 168 Å². The Morgan fingerprint density at radius 2 is 1.72 bits per heavy atom. The Kier molecular flexibility index (Phi) is 5.43. The lowest BCUT2D eigenvalue weighted by Crippen LogP contribution is -2.25. The molecule has 0 atom stereocenters. The summed E-state index contributed by atoms with van der Waals surface area (Å²) in [5.41, 5.74) is 2.88. The van der Waals surface area contributed by atoms with Crippen molar-refractivity contribution in [2.75, 3.05) is 6.54 Å². The number of rotatable bonds is 3. The summed E-state index contributed by atoms with van der Waals surface area (Å²) in [4.78, 5) is 1.86. The molecule has 0 aromatic heterocycles. The molecule has 5 heteroatoms. The first-order chi connectivity index (χ1) is 11.9. The summed E-state index contributed by atoms with van der Waals surface area (Å²) in [6.07, 6.45) is 1.93. The van der Waals surface area contributed by atoms with E-state index in [0.29, 0.717) is 16.7 Å². The fourth-order valence-electron chi connectivity index (χ4n) is 2.91. The Morgan fingerprint density at radius 3 is 2.28 bits per heavy atom. The monoisotopic (exact) mass is 513 g/mol. The van der Waals surface area contributed by atoms with Gasteiger partial charge in [-0.3, -0.25) is 0 Å². The third-order valence-corrected chi connectivity index (χ3v) is 5.43. The highest BCUT2D eigenvalue weighted by molar-refractivity contribution is 14.1. The van der Waals surface area contributed by atoms with Gasteiger partial charge >= 0.3 is 0 Å². The smallest absolute Gasteiger partial charge is 0.136 e. The maximum Gasteiger partial charge on any atom is 0.136 e. The van der Waals surface area contributed by atoms with Crippen LogP contribution in [0.3, 0.4) is 0 Å². The zero-order chi connectivity index (χ0) is 18.1. The van der Waals surface area contributed by atoms with E-state index in [0.717, 1.165) is 20.4 Å². The summed E-state index contributed by atoms with van der Waals surface area (Å²) in [6.45, 7) is 6.59. The predicted molar refractivity (Wildman–Crippen MR) is 111 cm³/mol. The van der Waals surface area contributed by atoms with Crippen LogP contribution >= 0.6 is 38.5 Å². The minimum absolute atomic E-state index is 0.0368. The number of hydrogen-bond donors (Lipinski definition) is 0. The molecule has 0 saturated carbocycles. The van der Waals surface area contributed by atoms with Crippen LogP contribution in [-0.2, 0) is 0 Å². The third-order valence-electron chi connectivity index (χ3n) is 4.04. The standard InChI is InChI=1S/C20H15BrF2IN/c1-3-25-12(2)18(24)11-15(13-7-5-4-6-8-13)20(25)19-16(22)9-14(21)10-17(19)23/h4-11H,2-3H2,1H3. The molecule has 128 valence electrons. The van der Waals surface area contributed by atoms with Gasteiger partial charge in [0.1, 0.15) is 11.6 Å². The summed E-state index contributed by atoms with van der Waals surface area (Å²) < 4.78 is 30.8. The minimum atomic E-state index is -0.605. The van der Waals surface area contributed by atoms with Crippen molar-refractivity contribution in [3.63, 3.8) is 0 Å². The summed E-state index contributed by atoms with van der Waals surface area (Å²) in [6, 6.07) is 12.2. The molecule has 0 radical (unpaired) electrons. The molecule has 1 aliphatic rings. The van der Waals surface area contributed by atoms with Gasteiger partial charge in [-0.15, -0.1) is 0 Å². The lowest BCUT2D eigenvalue weighted by molar-refractivity contribution is 0.509. The van der Waals surface area contributed by atoms with E-state index in [9.17, 15) is 8.78 Å². The average Bonchev–Trinajstić information content (AvgIpc) is 2.58. The zero-order valence-electron chi connectivity index (χ0n) is 13.5. The van der Waals surface area contributed by atoms with Gasteiger partial charge in [-0.05, 0) is 53.3 Å². The molecule has 0 aliphatic carbocycles. The summed E-state index contributed by atoms with van der Waals surface area (Å²) in [5, 5.41) is 0. The predicted octanol–water partition coefficient (Wildman–Crippen LogP) is 6.76. The second kappa shape index (κ2) is 7.41. The van der Waals surface area contributed by atoms with E-state index in [-0.39, 0.29) is 5.56 Å². The normalized spacial score (nSPS) is 14.8. The highest BCUT2D eigenvalue weighted by atomic mass is 127. The first-order valence-electron chi connectivity index (χ1n) is 7.72. The SMILES string of the molecule is C=C1C(I)=CC(c2ccccc2)=C(c2c(F)cc(Br)cc2F)N1CC. The molecule has 1 aliphatic heterocycles. The molecule has 1 heterocycles. The molecule has 0 unspecified atom stereocenters. The van der Waals surface area contributed by atoms with Crippen LogP contribution in [0.4, 0.5) is 8.78 Å². The second-order valence-corrected chi connectivity index (χ2v) is 7.63. The third kappa shape index (κ3) is 3.44. The van der Waals surface area contributed by atoms with Crippen LogP contribution in [0.15, 0.2) is 68.9 Å². The number of allylic oxidation sites excluding steroid dienone is 3. The van der Waals surface area contributed by atoms with Gasteiger partial charge < -0.3 is 4.90 Å². The van der Waals surface area contributed by atoms with E-state index in [1.807, 2.05) is 48.2 Å². The summed E-state index contributed by atoms with van der Waals surface area (Å²) >= 11 is 5.35. The van der Waals surface area contributed by atoms with Crippen LogP contribution in [0.5, 0.6) is 0 Å². The van der Waals surface area contributed by atoms with Crippen molar-refractivity contribution in [3.05, 3.63) is 91.6 Å². The molecule has 0 fully saturated rings. The van der Waals surface area contributed by atoms with Gasteiger partial charge in [0.25, 0.3) is 0 Å². The zero-order valence-corrected chi connectivity index (χ0v) is 17.2. The minimum Gasteiger partial charge on any atom is -0.340 e. The van der Waals surface area contributed by atoms with Crippen molar-refractivity contribution < 1.29 is 8.78 Å². The lowest BCUT2D eigenvalue weighted by Gasteiger charge is -2.34. The molecule has 3 rings (SSSR count). The molecule has 0 saturated heterocycles. The van der Waals surface area contributed by atoms with Crippen LogP contribution in [-0.4, -0.2) is 11.4 Å². The van der Waals surface area contributed by atoms with Gasteiger partial charge in [0.15, 0.2) is 0 Å². The van der Waals surface area contributed by atoms with Gasteiger partial charge in [-0.25, -0.2) is 8.78 Å². The van der Waals surface area contributed by atoms with Crippen LogP contribution in [0.25, 0.3) is 11.3 Å². The molecule has 0 bridgehead atoms. The number of nitrogens with zero attached hydrogens (tertiary/aromatic N) is 1. The quantitative estimate of drug-likeness (QED) is 0.410. The Morgan fingerprint density at radius 1 is 1.12 bits per heavy atom. The number of halogens is 4. The highest BCUT2D eigenvalue weighted by Gasteiger charge is 2.28. The molecule has 0 N–H and O–H groups in total. The molecule has 0 spiro atoms. The first-order valence-corrected chi connectivity index (χ1v) is 9.59. The van der Waals surface area contributed by atoms with Crippen LogP contribution in [0, 0.1) is 11.6 Å². The maximum absolute atomic E-state index is 14.7. The molecular weight excluding hydrogens is 499 g/mol. The van der Waals surface area contributed by atoms with Crippen molar-refractivity contribution in [1.82, 2.24) is 4.90 Å². The molecule has 2 aromatic rings. The van der Waals surface area contributed by atoms with Gasteiger partial charge in [-0.1, -0.05) is 52.8 Å². The molecule has 1 nitrogen and oxygen atoms in total. The molecular formula is C20H15BrF2IN. The largest absolute Gasteiger partial charge is 0.340 e. The van der Waals surface area contributed by atoms with Crippen molar-refractivity contribution in [2.24, 2.45) is 0 Å². The molecule has 25 heavy (non-hydrogen) atoms. The van der Waals surface area contributed by atoms with E-state index in [1.54, 1.807) is 0 Å². The lowest BCUT2D eigenvalue weighted by atomic mass is 9.94. The second-order valence-electron chi connectivity index (χ2n) is 5.56. The Balaban J connectivity index is 2.38. The Bertz CT molecular complexity index is 880. The highest BCUT2D eigenvalue weighted by Crippen LogP contribution is 2.42. The van der Waals surface area contributed by atoms with Crippen LogP contribution in [0.2, 0.25) is 0 Å². The average molecular weight is 514 g/mol. The molecule has 0 amide bonds. The van der Waals surface area contributed by atoms with Crippen molar-refractivity contribution >= 4 is 49.8 Å². The van der Waals surface area contributed by atoms with Crippen molar-refractivity contribution in [3.8, 4) is 0 Å². The van der Waals surface area contributed by atoms with Crippen molar-refractivity contribution in [1.29, 1.82) is 0 Å².